The van der Waals surface area contributed by atoms with E-state index in [0.29, 0.717) is 6.04 Å². The number of ether oxygens (including phenoxy) is 1. The van der Waals surface area contributed by atoms with Crippen molar-refractivity contribution in [3.8, 4) is 0 Å². The van der Waals surface area contributed by atoms with Crippen molar-refractivity contribution in [3.63, 3.8) is 0 Å². The molecule has 0 aromatic heterocycles. The molecule has 0 fully saturated rings. The fourth-order valence-corrected chi connectivity index (χ4v) is 2.51. The number of nitrogens with one attached hydrogen (secondary N) is 1. The third kappa shape index (κ3) is 5.93. The summed E-state index contributed by atoms with van der Waals surface area (Å²) in [6, 6.07) is 9.24. The molecule has 0 amide bonds. The molecule has 0 heterocycles. The highest BCUT2D eigenvalue weighted by Gasteiger charge is 2.14. The van der Waals surface area contributed by atoms with Crippen LogP contribution in [0.4, 0.5) is 5.69 Å². The molecule has 0 radical (unpaired) electrons. The summed E-state index contributed by atoms with van der Waals surface area (Å²) in [6.07, 6.45) is 2.40. The van der Waals surface area contributed by atoms with Gasteiger partial charge in [0.2, 0.25) is 0 Å². The van der Waals surface area contributed by atoms with Crippen LogP contribution < -0.4 is 5.32 Å². The van der Waals surface area contributed by atoms with Gasteiger partial charge in [-0.15, -0.1) is 0 Å². The van der Waals surface area contributed by atoms with E-state index in [9.17, 15) is 0 Å². The summed E-state index contributed by atoms with van der Waals surface area (Å²) in [4.78, 5) is 2.53. The van der Waals surface area contributed by atoms with Crippen molar-refractivity contribution in [1.82, 2.24) is 4.90 Å². The second-order valence-electron chi connectivity index (χ2n) is 5.29. The molecular weight excluding hydrogens is 248 g/mol. The minimum atomic E-state index is 0.657. The van der Waals surface area contributed by atoms with Crippen LogP contribution in [-0.2, 0) is 4.74 Å². The molecule has 0 bridgehead atoms. The average molecular weight is 278 g/mol. The Hall–Kier alpha value is -1.06. The number of anilines is 1. The van der Waals surface area contributed by atoms with Crippen LogP contribution in [0.25, 0.3) is 0 Å². The summed E-state index contributed by atoms with van der Waals surface area (Å²) >= 11 is 0. The van der Waals surface area contributed by atoms with E-state index in [2.05, 4.69) is 55.3 Å². The SMILES string of the molecule is CCC(CC)N(CCNc1ccc(C)cc1)CCOC. The highest BCUT2D eigenvalue weighted by molar-refractivity contribution is 5.44. The maximum atomic E-state index is 5.23. The zero-order valence-corrected chi connectivity index (χ0v) is 13.5. The molecule has 0 unspecified atom stereocenters. The van der Waals surface area contributed by atoms with E-state index < -0.39 is 0 Å². The first-order valence-electron chi connectivity index (χ1n) is 7.74. The first-order valence-corrected chi connectivity index (χ1v) is 7.74. The molecule has 0 aliphatic heterocycles. The lowest BCUT2D eigenvalue weighted by atomic mass is 10.1. The van der Waals surface area contributed by atoms with E-state index in [-0.39, 0.29) is 0 Å². The van der Waals surface area contributed by atoms with E-state index in [1.807, 2.05) is 0 Å². The van der Waals surface area contributed by atoms with Gasteiger partial charge in [0.1, 0.15) is 0 Å². The summed E-state index contributed by atoms with van der Waals surface area (Å²) in [6.45, 7) is 10.5. The minimum absolute atomic E-state index is 0.657. The Morgan fingerprint density at radius 2 is 1.75 bits per heavy atom. The zero-order valence-electron chi connectivity index (χ0n) is 13.5. The van der Waals surface area contributed by atoms with Crippen molar-refractivity contribution >= 4 is 5.69 Å². The molecule has 0 aliphatic carbocycles. The van der Waals surface area contributed by atoms with Crippen LogP contribution in [0, 0.1) is 6.92 Å². The maximum absolute atomic E-state index is 5.23. The summed E-state index contributed by atoms with van der Waals surface area (Å²) in [7, 11) is 1.77. The van der Waals surface area contributed by atoms with Crippen molar-refractivity contribution in [1.29, 1.82) is 0 Å². The number of hydrogen-bond acceptors (Lipinski definition) is 3. The summed E-state index contributed by atoms with van der Waals surface area (Å²) < 4.78 is 5.23. The van der Waals surface area contributed by atoms with Gasteiger partial charge in [-0.1, -0.05) is 31.5 Å². The molecule has 0 atom stereocenters. The third-order valence-corrected chi connectivity index (χ3v) is 3.82. The number of benzene rings is 1. The van der Waals surface area contributed by atoms with Crippen LogP contribution in [0.15, 0.2) is 24.3 Å². The summed E-state index contributed by atoms with van der Waals surface area (Å²) in [5.74, 6) is 0. The number of rotatable bonds is 10. The van der Waals surface area contributed by atoms with E-state index in [1.54, 1.807) is 7.11 Å². The molecule has 1 N–H and O–H groups in total. The van der Waals surface area contributed by atoms with E-state index >= 15 is 0 Å². The van der Waals surface area contributed by atoms with Gasteiger partial charge in [-0.25, -0.2) is 0 Å². The first kappa shape index (κ1) is 17.0. The lowest BCUT2D eigenvalue weighted by Gasteiger charge is -2.30. The molecule has 1 rings (SSSR count). The highest BCUT2D eigenvalue weighted by atomic mass is 16.5. The fourth-order valence-electron chi connectivity index (χ4n) is 2.51. The van der Waals surface area contributed by atoms with Crippen LogP contribution in [0.2, 0.25) is 0 Å². The van der Waals surface area contributed by atoms with Gasteiger partial charge in [0.05, 0.1) is 6.61 Å². The lowest BCUT2D eigenvalue weighted by Crippen LogP contribution is -2.40. The van der Waals surface area contributed by atoms with E-state index in [0.717, 1.165) is 26.2 Å². The van der Waals surface area contributed by atoms with E-state index in [1.165, 1.54) is 24.1 Å². The molecule has 114 valence electrons. The molecule has 0 saturated carbocycles. The molecule has 20 heavy (non-hydrogen) atoms. The van der Waals surface area contributed by atoms with Crippen LogP contribution in [0.5, 0.6) is 0 Å². The molecule has 3 nitrogen and oxygen atoms in total. The smallest absolute Gasteiger partial charge is 0.0589 e. The minimum Gasteiger partial charge on any atom is -0.384 e. The van der Waals surface area contributed by atoms with Crippen molar-refractivity contribution < 1.29 is 4.74 Å². The summed E-state index contributed by atoms with van der Waals surface area (Å²) in [5.41, 5.74) is 2.50. The Balaban J connectivity index is 2.42. The molecule has 0 saturated heterocycles. The number of methoxy groups -OCH3 is 1. The van der Waals surface area contributed by atoms with Crippen LogP contribution >= 0.6 is 0 Å². The number of hydrogen-bond donors (Lipinski definition) is 1. The largest absolute Gasteiger partial charge is 0.384 e. The Morgan fingerprint density at radius 3 is 2.30 bits per heavy atom. The van der Waals surface area contributed by atoms with Gasteiger partial charge in [0.15, 0.2) is 0 Å². The van der Waals surface area contributed by atoms with Crippen molar-refractivity contribution in [2.24, 2.45) is 0 Å². The van der Waals surface area contributed by atoms with Gasteiger partial charge >= 0.3 is 0 Å². The van der Waals surface area contributed by atoms with Crippen molar-refractivity contribution in [3.05, 3.63) is 29.8 Å². The number of aryl methyl sites for hydroxylation is 1. The normalized spacial score (nSPS) is 11.3. The predicted octanol–water partition coefficient (Wildman–Crippen LogP) is 3.54. The molecule has 3 heteroatoms. The highest BCUT2D eigenvalue weighted by Crippen LogP contribution is 2.10. The Kier molecular flexibility index (Phi) is 8.31. The van der Waals surface area contributed by atoms with Gasteiger partial charge in [-0.05, 0) is 31.9 Å². The second kappa shape index (κ2) is 9.78. The Bertz CT molecular complexity index is 347. The van der Waals surface area contributed by atoms with Gasteiger partial charge in [0.25, 0.3) is 0 Å². The predicted molar refractivity (Wildman–Crippen MR) is 87.5 cm³/mol. The average Bonchev–Trinajstić information content (AvgIpc) is 2.47. The van der Waals surface area contributed by atoms with Gasteiger partial charge in [-0.3, -0.25) is 4.90 Å². The molecule has 1 aromatic carbocycles. The Labute approximate surface area is 124 Å². The topological polar surface area (TPSA) is 24.5 Å². The van der Waals surface area contributed by atoms with Gasteiger partial charge in [0, 0.05) is 38.5 Å². The Morgan fingerprint density at radius 1 is 1.10 bits per heavy atom. The van der Waals surface area contributed by atoms with Gasteiger partial charge < -0.3 is 10.1 Å². The first-order chi connectivity index (χ1) is 9.71. The quantitative estimate of drug-likeness (QED) is 0.708. The monoisotopic (exact) mass is 278 g/mol. The number of nitrogens with zero attached hydrogens (tertiary/aromatic N) is 1. The van der Waals surface area contributed by atoms with Gasteiger partial charge in [-0.2, -0.15) is 0 Å². The van der Waals surface area contributed by atoms with Crippen molar-refractivity contribution in [2.45, 2.75) is 39.7 Å². The van der Waals surface area contributed by atoms with E-state index in [4.69, 9.17) is 4.74 Å². The second-order valence-corrected chi connectivity index (χ2v) is 5.29. The molecule has 0 aliphatic rings. The zero-order chi connectivity index (χ0) is 14.8. The molecule has 0 spiro atoms. The van der Waals surface area contributed by atoms with Crippen LogP contribution in [0.3, 0.4) is 0 Å². The maximum Gasteiger partial charge on any atom is 0.0589 e. The molecule has 1 aromatic rings. The van der Waals surface area contributed by atoms with Crippen LogP contribution in [-0.4, -0.2) is 44.3 Å². The fraction of sp³-hybridized carbons (Fsp3) is 0.647. The molecular formula is C17H30N2O. The third-order valence-electron chi connectivity index (χ3n) is 3.82. The summed E-state index contributed by atoms with van der Waals surface area (Å²) in [5, 5.41) is 3.50. The van der Waals surface area contributed by atoms with Crippen LogP contribution in [0.1, 0.15) is 32.3 Å². The van der Waals surface area contributed by atoms with Crippen molar-refractivity contribution in [2.75, 3.05) is 38.7 Å². The standard InChI is InChI=1S/C17H30N2O/c1-5-17(6-2)19(13-14-20-4)12-11-18-16-9-7-15(3)8-10-16/h7-10,17-18H,5-6,11-14H2,1-4H3. The lowest BCUT2D eigenvalue weighted by molar-refractivity contribution is 0.118.